The number of nitrogens with two attached hydrogens (primary N) is 1. The van der Waals surface area contributed by atoms with Crippen LogP contribution in [0.2, 0.25) is 5.28 Å². The van der Waals surface area contributed by atoms with Crippen molar-refractivity contribution in [2.24, 2.45) is 4.36 Å². The third-order valence-electron chi connectivity index (χ3n) is 4.88. The molecule has 2 aromatic carbocycles. The van der Waals surface area contributed by atoms with E-state index < -0.39 is 27.8 Å². The van der Waals surface area contributed by atoms with E-state index in [4.69, 9.17) is 27.2 Å². The van der Waals surface area contributed by atoms with E-state index in [1.165, 1.54) is 24.5 Å². The van der Waals surface area contributed by atoms with Crippen molar-refractivity contribution in [1.29, 1.82) is 0 Å². The van der Waals surface area contributed by atoms with Crippen molar-refractivity contribution in [3.8, 4) is 17.0 Å². The minimum atomic E-state index is -3.02. The zero-order chi connectivity index (χ0) is 26.3. The molecule has 0 unspecified atom stereocenters. The Morgan fingerprint density at radius 3 is 2.75 bits per heavy atom. The number of rotatable bonds is 10. The Balaban J connectivity index is 1.52. The van der Waals surface area contributed by atoms with Crippen LogP contribution in [0.4, 0.5) is 25.0 Å². The molecule has 1 heterocycles. The zero-order valence-corrected chi connectivity index (χ0v) is 20.9. The van der Waals surface area contributed by atoms with E-state index in [0.29, 0.717) is 48.6 Å². The highest BCUT2D eigenvalue weighted by atomic mass is 35.5. The number of hydrogen-bond acceptors (Lipinski definition) is 6. The largest absolute Gasteiger partial charge is 0.494 e. The first-order valence-corrected chi connectivity index (χ1v) is 13.5. The van der Waals surface area contributed by atoms with Gasteiger partial charge in [-0.1, -0.05) is 10.1 Å². The molecule has 0 aliphatic carbocycles. The van der Waals surface area contributed by atoms with E-state index in [-0.39, 0.29) is 22.4 Å². The summed E-state index contributed by atoms with van der Waals surface area (Å²) in [5.74, 6) is -0.616. The van der Waals surface area contributed by atoms with E-state index in [9.17, 15) is 18.1 Å². The molecule has 1 amide bonds. The molecule has 0 bridgehead atoms. The van der Waals surface area contributed by atoms with Crippen molar-refractivity contribution in [2.45, 2.75) is 18.6 Å². The molecule has 0 aliphatic rings. The molecule has 13 heteroatoms. The highest BCUT2D eigenvalue weighted by Crippen LogP contribution is 2.26. The van der Waals surface area contributed by atoms with Gasteiger partial charge in [0.2, 0.25) is 5.28 Å². The van der Waals surface area contributed by atoms with Gasteiger partial charge in [-0.15, -0.1) is 0 Å². The van der Waals surface area contributed by atoms with Crippen molar-refractivity contribution in [2.75, 3.05) is 30.5 Å². The van der Waals surface area contributed by atoms with Crippen LogP contribution in [0.1, 0.15) is 18.4 Å². The fourth-order valence-electron chi connectivity index (χ4n) is 3.42. The summed E-state index contributed by atoms with van der Waals surface area (Å²) in [6.07, 6.45) is 2.22. The molecule has 3 aromatic rings. The molecule has 0 spiro atoms. The average Bonchev–Trinajstić information content (AvgIpc) is 2.77. The first-order valence-electron chi connectivity index (χ1n) is 10.8. The zero-order valence-electron chi connectivity index (χ0n) is 19.3. The molecule has 0 fully saturated rings. The summed E-state index contributed by atoms with van der Waals surface area (Å²) in [6, 6.07) is 9.02. The van der Waals surface area contributed by atoms with Crippen LogP contribution in [-0.4, -0.2) is 45.1 Å². The molecule has 0 aliphatic heterocycles. The number of carboxylic acid groups (broad SMARTS) is 1. The number of carbonyl (C=O) groups is 1. The van der Waals surface area contributed by atoms with Gasteiger partial charge in [0.25, 0.3) is 0 Å². The van der Waals surface area contributed by atoms with Gasteiger partial charge in [0.1, 0.15) is 17.3 Å². The Kier molecular flexibility index (Phi) is 9.13. The lowest BCUT2D eigenvalue weighted by Gasteiger charge is -2.18. The second-order valence-corrected chi connectivity index (χ2v) is 11.1. The minimum absolute atomic E-state index is 0.0202. The Hall–Kier alpha value is -3.35. The third-order valence-corrected chi connectivity index (χ3v) is 6.63. The summed E-state index contributed by atoms with van der Waals surface area (Å²) in [5, 5.41) is 11.7. The van der Waals surface area contributed by atoms with Crippen LogP contribution in [0, 0.1) is 11.6 Å². The second kappa shape index (κ2) is 12.1. The number of amides is 1. The van der Waals surface area contributed by atoms with Gasteiger partial charge in [0.15, 0.2) is 5.82 Å². The van der Waals surface area contributed by atoms with Gasteiger partial charge < -0.3 is 25.4 Å². The van der Waals surface area contributed by atoms with Crippen molar-refractivity contribution in [3.05, 3.63) is 65.1 Å². The number of halogens is 3. The Morgan fingerprint density at radius 1 is 1.22 bits per heavy atom. The van der Waals surface area contributed by atoms with E-state index >= 15 is 0 Å². The smallest absolute Gasteiger partial charge is 0.437 e. The number of nitrogens with one attached hydrogen (secondary N) is 1. The van der Waals surface area contributed by atoms with E-state index in [1.807, 2.05) is 0 Å². The molecule has 36 heavy (non-hydrogen) atoms. The summed E-state index contributed by atoms with van der Waals surface area (Å²) in [7, 11) is -3.02. The van der Waals surface area contributed by atoms with Gasteiger partial charge in [0, 0.05) is 29.6 Å². The number of anilines is 2. The number of thiol groups is 1. The molecule has 0 radical (unpaired) electrons. The monoisotopic (exact) mass is 541 g/mol. The topological polar surface area (TPSA) is 143 Å². The maximum Gasteiger partial charge on any atom is 0.437 e. The lowest BCUT2D eigenvalue weighted by Crippen LogP contribution is -2.13. The number of aromatic nitrogens is 2. The lowest BCUT2D eigenvalue weighted by atomic mass is 10.1. The molecule has 0 atom stereocenters. The van der Waals surface area contributed by atoms with Crippen molar-refractivity contribution < 1.29 is 28.0 Å². The molecule has 9 nitrogen and oxygen atoms in total. The predicted molar refractivity (Wildman–Crippen MR) is 138 cm³/mol. The molecule has 194 valence electrons. The van der Waals surface area contributed by atoms with Crippen LogP contribution in [0.25, 0.3) is 11.3 Å². The number of ether oxygens (including phenoxy) is 1. The van der Waals surface area contributed by atoms with Gasteiger partial charge in [-0.05, 0) is 66.6 Å². The number of nitrogens with zero attached hydrogens (tertiary/aromatic N) is 3. The van der Waals surface area contributed by atoms with Crippen molar-refractivity contribution >= 4 is 39.2 Å². The van der Waals surface area contributed by atoms with Crippen LogP contribution in [-0.2, 0) is 15.9 Å². The SMILES string of the molecule is C[SH](O)(Cc1cc(N)cc(OCCCCNc2cc(-c3nc(Cl)ncc3F)ccc2F)c1)=NC(=O)O. The third kappa shape index (κ3) is 8.11. The number of benzene rings is 2. The Labute approximate surface area is 212 Å². The molecule has 0 saturated carbocycles. The van der Waals surface area contributed by atoms with Crippen LogP contribution in [0.3, 0.4) is 0 Å². The summed E-state index contributed by atoms with van der Waals surface area (Å²) < 4.78 is 47.6. The first kappa shape index (κ1) is 27.2. The van der Waals surface area contributed by atoms with Gasteiger partial charge in [-0.2, -0.15) is 4.36 Å². The highest BCUT2D eigenvalue weighted by Gasteiger charge is 2.12. The van der Waals surface area contributed by atoms with Crippen molar-refractivity contribution in [1.82, 2.24) is 9.97 Å². The fourth-order valence-corrected chi connectivity index (χ4v) is 4.87. The van der Waals surface area contributed by atoms with E-state index in [1.54, 1.807) is 18.2 Å². The Morgan fingerprint density at radius 2 is 2.00 bits per heavy atom. The molecule has 0 saturated heterocycles. The number of unbranched alkanes of at least 4 members (excludes halogenated alkanes) is 1. The lowest BCUT2D eigenvalue weighted by molar-refractivity contribution is 0.206. The van der Waals surface area contributed by atoms with Gasteiger partial charge in [-0.25, -0.2) is 23.5 Å². The van der Waals surface area contributed by atoms with Crippen LogP contribution >= 0.6 is 11.6 Å². The minimum Gasteiger partial charge on any atom is -0.494 e. The van der Waals surface area contributed by atoms with Gasteiger partial charge in [0.05, 0.1) is 18.5 Å². The van der Waals surface area contributed by atoms with Gasteiger partial charge in [-0.3, -0.25) is 0 Å². The molecule has 5 N–H and O–H groups in total. The summed E-state index contributed by atoms with van der Waals surface area (Å²) >= 11 is 5.74. The van der Waals surface area contributed by atoms with Crippen molar-refractivity contribution in [3.63, 3.8) is 0 Å². The van der Waals surface area contributed by atoms with Crippen LogP contribution in [0.15, 0.2) is 47.0 Å². The quantitative estimate of drug-likeness (QED) is 0.101. The summed E-state index contributed by atoms with van der Waals surface area (Å²) in [4.78, 5) is 18.2. The highest BCUT2D eigenvalue weighted by molar-refractivity contribution is 7.98. The van der Waals surface area contributed by atoms with E-state index in [0.717, 1.165) is 6.20 Å². The Bertz CT molecular complexity index is 1310. The predicted octanol–water partition coefficient (Wildman–Crippen LogP) is 5.28. The molecular formula is C23H26ClF2N5O4S. The fraction of sp³-hybridized carbons (Fsp3) is 0.261. The van der Waals surface area contributed by atoms with E-state index in [2.05, 4.69) is 19.6 Å². The standard InChI is InChI=1S/C23H26ClF2N5O4S/c1-36(34,31-23(32)33)13-14-8-16(27)11-17(9-14)35-7-3-2-6-28-20-10-15(4-5-18(20)25)21-19(26)12-29-22(24)30-21/h4-5,8-12,28,36H,2-3,6-7,13,27H2,1H3,(H,31,34)(H,32,33). The number of hydrogen-bond donors (Lipinski definition) is 5. The van der Waals surface area contributed by atoms with Crippen LogP contribution < -0.4 is 15.8 Å². The summed E-state index contributed by atoms with van der Waals surface area (Å²) in [5.41, 5.74) is 7.47. The van der Waals surface area contributed by atoms with Gasteiger partial charge >= 0.3 is 6.09 Å². The normalized spacial score (nSPS) is 11.7. The number of nitrogen functional groups attached to an aromatic ring is 1. The average molecular weight is 542 g/mol. The summed E-state index contributed by atoms with van der Waals surface area (Å²) in [6.45, 7) is 0.783. The first-order chi connectivity index (χ1) is 17.0. The van der Waals surface area contributed by atoms with Crippen LogP contribution in [0.5, 0.6) is 5.75 Å². The molecule has 1 aromatic heterocycles. The second-order valence-electron chi connectivity index (χ2n) is 8.05. The maximum absolute atomic E-state index is 14.2. The maximum atomic E-state index is 14.2. The molecule has 3 rings (SSSR count). The molecular weight excluding hydrogens is 516 g/mol.